The number of primary amides is 1. The summed E-state index contributed by atoms with van der Waals surface area (Å²) >= 11 is 0. The molecule has 0 aromatic heterocycles. The third kappa shape index (κ3) is 28.0. The van der Waals surface area contributed by atoms with Crippen molar-refractivity contribution in [2.45, 2.75) is 24.9 Å². The number of amides is 1. The molecule has 28 heavy (non-hydrogen) atoms. The molecule has 14 heteroatoms. The molecule has 1 amide bonds. The van der Waals surface area contributed by atoms with Gasteiger partial charge in [0.2, 0.25) is 0 Å². The minimum atomic E-state index is -1.58. The molecule has 11 nitrogen and oxygen atoms in total. The van der Waals surface area contributed by atoms with Crippen molar-refractivity contribution in [1.29, 1.82) is 0 Å². The van der Waals surface area contributed by atoms with Crippen LogP contribution in [0.1, 0.15) is 12.0 Å². The average Bonchev–Trinajstić information content (AvgIpc) is 2.47. The number of carboxylic acid groups (broad SMARTS) is 4. The van der Waals surface area contributed by atoms with E-state index in [0.717, 1.165) is 5.56 Å². The number of carbonyl (C=O) groups excluding carboxylic acids is 3. The maximum Gasteiger partial charge on any atom is 1.00 e. The van der Waals surface area contributed by atoms with Crippen LogP contribution in [0.15, 0.2) is 30.3 Å². The zero-order valence-corrected chi connectivity index (χ0v) is 22.0. The third-order valence-corrected chi connectivity index (χ3v) is 2.30. The molecule has 1 rings (SSSR count). The van der Waals surface area contributed by atoms with Gasteiger partial charge in [-0.05, 0) is 12.0 Å². The van der Waals surface area contributed by atoms with E-state index in [2.05, 4.69) is 5.73 Å². The first-order valence-electron chi connectivity index (χ1n) is 6.62. The zero-order valence-electron chi connectivity index (χ0n) is 16.0. The van der Waals surface area contributed by atoms with Gasteiger partial charge in [0, 0.05) is 6.04 Å². The number of nitrogens with two attached hydrogens (primary N) is 3. The van der Waals surface area contributed by atoms with Crippen LogP contribution in [0.4, 0.5) is 4.79 Å². The molecule has 0 fully saturated rings. The minimum Gasteiger partial charge on any atom is -0.548 e. The summed E-state index contributed by atoms with van der Waals surface area (Å²) in [7, 11) is 0. The van der Waals surface area contributed by atoms with Crippen molar-refractivity contribution in [1.82, 2.24) is 0 Å². The Morgan fingerprint density at radius 1 is 0.857 bits per heavy atom. The summed E-state index contributed by atoms with van der Waals surface area (Å²) in [6, 6.07) is 6.92. The van der Waals surface area contributed by atoms with Crippen LogP contribution in [-0.4, -0.2) is 41.2 Å². The predicted molar refractivity (Wildman–Crippen MR) is 77.9 cm³/mol. The SMILES string of the molecule is NC(=O)[O-].N[C@@H](CC(=O)O)C(=O)[O-].N[C@@H](Cc1ccccc1)C(=O)[O-].[Na+].[Na+].[Na+]. The van der Waals surface area contributed by atoms with Gasteiger partial charge in [-0.25, -0.2) is 0 Å². The maximum absolute atomic E-state index is 10.3. The molecular weight excluding hydrogens is 407 g/mol. The van der Waals surface area contributed by atoms with Crippen molar-refractivity contribution >= 4 is 24.0 Å². The van der Waals surface area contributed by atoms with Crippen LogP contribution < -0.4 is 121 Å². The van der Waals surface area contributed by atoms with Crippen LogP contribution >= 0.6 is 0 Å². The summed E-state index contributed by atoms with van der Waals surface area (Å²) in [5.74, 6) is -4.00. The standard InChI is InChI=1S/C9H11NO2.C4H7NO4.CH3NO2.3Na/c10-8(9(11)12)6-7-4-2-1-3-5-7;5-2(4(8)9)1-3(6)7;2-1(3)4;;;/h1-5,8H,6,10H2,(H,11,12);2H,1,5H2,(H,6,7)(H,8,9);2H2,(H,3,4);;;/q;;;3*+1/p-3/t8-;2-;;;;/m00..../s1. The van der Waals surface area contributed by atoms with Crippen LogP contribution in [0.25, 0.3) is 0 Å². The van der Waals surface area contributed by atoms with Crippen LogP contribution in [-0.2, 0) is 20.8 Å². The average molecular weight is 425 g/mol. The van der Waals surface area contributed by atoms with Crippen LogP contribution in [0.2, 0.25) is 0 Å². The van der Waals surface area contributed by atoms with Crippen LogP contribution in [0.3, 0.4) is 0 Å². The van der Waals surface area contributed by atoms with E-state index in [4.69, 9.17) is 26.5 Å². The quantitative estimate of drug-likeness (QED) is 0.314. The van der Waals surface area contributed by atoms with Crippen molar-refractivity contribution in [2.75, 3.05) is 0 Å². The fourth-order valence-electron chi connectivity index (χ4n) is 1.22. The van der Waals surface area contributed by atoms with E-state index in [1.165, 1.54) is 0 Å². The van der Waals surface area contributed by atoms with Gasteiger partial charge in [0.05, 0.1) is 24.4 Å². The van der Waals surface area contributed by atoms with E-state index in [-0.39, 0.29) is 88.7 Å². The van der Waals surface area contributed by atoms with Gasteiger partial charge in [0.15, 0.2) is 0 Å². The first-order valence-corrected chi connectivity index (χ1v) is 6.62. The topological polar surface area (TPSA) is 236 Å². The number of rotatable bonds is 6. The van der Waals surface area contributed by atoms with Gasteiger partial charge in [-0.2, -0.15) is 0 Å². The summed E-state index contributed by atoms with van der Waals surface area (Å²) in [4.78, 5) is 38.4. The first-order chi connectivity index (χ1) is 11.5. The van der Waals surface area contributed by atoms with Gasteiger partial charge in [-0.1, -0.05) is 30.3 Å². The Kier molecular flexibility index (Phi) is 31.7. The largest absolute Gasteiger partial charge is 1.00 e. The van der Waals surface area contributed by atoms with Crippen molar-refractivity contribution in [3.8, 4) is 0 Å². The van der Waals surface area contributed by atoms with Crippen molar-refractivity contribution in [3.63, 3.8) is 0 Å². The van der Waals surface area contributed by atoms with Gasteiger partial charge in [-0.3, -0.25) is 4.79 Å². The molecule has 0 unspecified atom stereocenters. The van der Waals surface area contributed by atoms with E-state index >= 15 is 0 Å². The number of benzene rings is 1. The summed E-state index contributed by atoms with van der Waals surface area (Å²) in [5.41, 5.74) is 14.9. The summed E-state index contributed by atoms with van der Waals surface area (Å²) in [6.45, 7) is 0. The molecule has 0 bridgehead atoms. The molecule has 0 aliphatic rings. The Bertz CT molecular complexity index is 574. The molecule has 140 valence electrons. The summed E-state index contributed by atoms with van der Waals surface area (Å²) < 4.78 is 0. The monoisotopic (exact) mass is 425 g/mol. The molecular formula is C14H18N3Na3O8. The molecule has 0 saturated heterocycles. The second kappa shape index (κ2) is 23.1. The Labute approximate surface area is 227 Å². The molecule has 1 aromatic rings. The van der Waals surface area contributed by atoms with Gasteiger partial charge in [0.1, 0.15) is 6.09 Å². The van der Waals surface area contributed by atoms with Gasteiger partial charge in [0.25, 0.3) is 0 Å². The number of carboxylic acids is 3. The van der Waals surface area contributed by atoms with Gasteiger partial charge >= 0.3 is 94.6 Å². The zero-order chi connectivity index (χ0) is 20.0. The Morgan fingerprint density at radius 2 is 1.21 bits per heavy atom. The number of hydrogen-bond donors (Lipinski definition) is 4. The van der Waals surface area contributed by atoms with Crippen molar-refractivity contribution in [3.05, 3.63) is 35.9 Å². The maximum atomic E-state index is 10.3. The predicted octanol–water partition coefficient (Wildman–Crippen LogP) is -13.9. The van der Waals surface area contributed by atoms with E-state index in [1.54, 1.807) is 0 Å². The van der Waals surface area contributed by atoms with Crippen molar-refractivity contribution < 1.29 is 128 Å². The molecule has 0 spiro atoms. The molecule has 7 N–H and O–H groups in total. The second-order valence-corrected chi connectivity index (χ2v) is 4.46. The second-order valence-electron chi connectivity index (χ2n) is 4.46. The fraction of sp³-hybridized carbons (Fsp3) is 0.286. The minimum absolute atomic E-state index is 0. The van der Waals surface area contributed by atoms with Crippen LogP contribution in [0.5, 0.6) is 0 Å². The fourth-order valence-corrected chi connectivity index (χ4v) is 1.22. The van der Waals surface area contributed by atoms with Gasteiger partial charge in [-0.15, -0.1) is 0 Å². The van der Waals surface area contributed by atoms with E-state index < -0.39 is 42.5 Å². The van der Waals surface area contributed by atoms with E-state index in [0.29, 0.717) is 6.42 Å². The Hall–Kier alpha value is -0.180. The molecule has 2 atom stereocenters. The first kappa shape index (κ1) is 38.4. The van der Waals surface area contributed by atoms with E-state index in [9.17, 15) is 24.6 Å². The smallest absolute Gasteiger partial charge is 0.548 e. The summed E-state index contributed by atoms with van der Waals surface area (Å²) in [6.07, 6.45) is -1.86. The number of aliphatic carboxylic acids is 3. The third-order valence-electron chi connectivity index (χ3n) is 2.30. The molecule has 0 saturated carbocycles. The van der Waals surface area contributed by atoms with Crippen LogP contribution in [0, 0.1) is 0 Å². The molecule has 0 aliphatic carbocycles. The Morgan fingerprint density at radius 3 is 1.46 bits per heavy atom. The number of hydrogen-bond acceptors (Lipinski definition) is 9. The molecule has 1 aromatic carbocycles. The van der Waals surface area contributed by atoms with Gasteiger partial charge < -0.3 is 52.0 Å². The summed E-state index contributed by atoms with van der Waals surface area (Å²) in [5, 5.41) is 36.6. The normalized spacial score (nSPS) is 10.2. The molecule has 0 aliphatic heterocycles. The molecule has 0 heterocycles. The number of carbonyl (C=O) groups is 4. The van der Waals surface area contributed by atoms with E-state index in [1.807, 2.05) is 30.3 Å². The van der Waals surface area contributed by atoms with Crippen molar-refractivity contribution in [2.24, 2.45) is 17.2 Å². The molecule has 0 radical (unpaired) electrons. The Balaban J connectivity index is -0.0000000994.